The molecule has 1 amide bonds. The summed E-state index contributed by atoms with van der Waals surface area (Å²) < 4.78 is 5.65. The topological polar surface area (TPSA) is 64.4 Å². The van der Waals surface area contributed by atoms with Crippen molar-refractivity contribution in [3.8, 4) is 5.75 Å². The maximum Gasteiger partial charge on any atom is 0.241 e. The number of hydrogen-bond acceptors (Lipinski definition) is 3. The van der Waals surface area contributed by atoms with Crippen LogP contribution in [0.15, 0.2) is 18.2 Å². The fourth-order valence-corrected chi connectivity index (χ4v) is 1.64. The summed E-state index contributed by atoms with van der Waals surface area (Å²) in [5, 5.41) is 2.82. The van der Waals surface area contributed by atoms with Gasteiger partial charge in [-0.25, -0.2) is 0 Å². The number of carbonyl (C=O) groups is 1. The summed E-state index contributed by atoms with van der Waals surface area (Å²) in [4.78, 5) is 11.9. The summed E-state index contributed by atoms with van der Waals surface area (Å²) in [5.74, 6) is 0.790. The fourth-order valence-electron chi connectivity index (χ4n) is 1.64. The number of anilines is 1. The van der Waals surface area contributed by atoms with E-state index in [0.29, 0.717) is 0 Å². The van der Waals surface area contributed by atoms with E-state index in [-0.39, 0.29) is 17.9 Å². The van der Waals surface area contributed by atoms with Crippen molar-refractivity contribution in [1.29, 1.82) is 0 Å². The van der Waals surface area contributed by atoms with Crippen LogP contribution in [0.1, 0.15) is 33.3 Å². The third-order valence-corrected chi connectivity index (χ3v) is 2.83. The van der Waals surface area contributed by atoms with E-state index >= 15 is 0 Å². The van der Waals surface area contributed by atoms with Crippen LogP contribution in [0, 0.1) is 12.8 Å². The number of rotatable bonds is 5. The molecule has 0 saturated carbocycles. The third kappa shape index (κ3) is 4.56. The first-order chi connectivity index (χ1) is 8.81. The van der Waals surface area contributed by atoms with Crippen LogP contribution in [-0.2, 0) is 4.79 Å². The van der Waals surface area contributed by atoms with Crippen molar-refractivity contribution in [3.05, 3.63) is 23.8 Å². The Labute approximate surface area is 115 Å². The van der Waals surface area contributed by atoms with Gasteiger partial charge in [0.15, 0.2) is 0 Å². The zero-order valence-corrected chi connectivity index (χ0v) is 12.4. The summed E-state index contributed by atoms with van der Waals surface area (Å²) in [6, 6.07) is 5.09. The van der Waals surface area contributed by atoms with Crippen molar-refractivity contribution in [2.75, 3.05) is 5.32 Å². The summed E-state index contributed by atoms with van der Waals surface area (Å²) >= 11 is 0. The van der Waals surface area contributed by atoms with Gasteiger partial charge < -0.3 is 15.8 Å². The van der Waals surface area contributed by atoms with Crippen molar-refractivity contribution >= 4 is 11.6 Å². The molecule has 0 aliphatic rings. The Hall–Kier alpha value is -1.55. The second kappa shape index (κ2) is 6.57. The number of carbonyl (C=O) groups excluding carboxylic acids is 1. The first kappa shape index (κ1) is 15.5. The quantitative estimate of drug-likeness (QED) is 0.859. The van der Waals surface area contributed by atoms with E-state index in [1.165, 1.54) is 0 Å². The van der Waals surface area contributed by atoms with E-state index in [4.69, 9.17) is 10.5 Å². The number of nitrogens with one attached hydrogen (secondary N) is 1. The molecule has 3 N–H and O–H groups in total. The van der Waals surface area contributed by atoms with Gasteiger partial charge >= 0.3 is 0 Å². The van der Waals surface area contributed by atoms with E-state index in [9.17, 15) is 4.79 Å². The Morgan fingerprint density at radius 1 is 1.26 bits per heavy atom. The molecular formula is C15H24N2O2. The lowest BCUT2D eigenvalue weighted by Crippen LogP contribution is -2.39. The molecule has 0 unspecified atom stereocenters. The molecule has 0 radical (unpaired) electrons. The highest BCUT2D eigenvalue weighted by atomic mass is 16.5. The van der Waals surface area contributed by atoms with Crippen LogP contribution in [0.5, 0.6) is 5.75 Å². The van der Waals surface area contributed by atoms with Gasteiger partial charge in [-0.1, -0.05) is 13.8 Å². The highest BCUT2D eigenvalue weighted by Crippen LogP contribution is 2.23. The molecule has 1 rings (SSSR count). The molecule has 1 aromatic rings. The molecular weight excluding hydrogens is 240 g/mol. The van der Waals surface area contributed by atoms with E-state index < -0.39 is 6.04 Å². The minimum Gasteiger partial charge on any atom is -0.491 e. The molecule has 0 aromatic heterocycles. The van der Waals surface area contributed by atoms with Crippen molar-refractivity contribution in [3.63, 3.8) is 0 Å². The Morgan fingerprint density at radius 2 is 1.89 bits per heavy atom. The average Bonchev–Trinajstić information content (AvgIpc) is 2.31. The number of hydrogen-bond donors (Lipinski definition) is 2. The van der Waals surface area contributed by atoms with E-state index in [1.807, 2.05) is 52.8 Å². The maximum absolute atomic E-state index is 11.9. The van der Waals surface area contributed by atoms with Gasteiger partial charge in [0.1, 0.15) is 5.75 Å². The van der Waals surface area contributed by atoms with Gasteiger partial charge in [0, 0.05) is 5.69 Å². The predicted molar refractivity (Wildman–Crippen MR) is 78.4 cm³/mol. The smallest absolute Gasteiger partial charge is 0.241 e. The SMILES string of the molecule is Cc1cc(NC(=O)[C@@H](N)C(C)C)ccc1OC(C)C. The molecule has 1 atom stereocenters. The number of aryl methyl sites for hydroxylation is 1. The minimum absolute atomic E-state index is 0.115. The molecule has 0 fully saturated rings. The van der Waals surface area contributed by atoms with Gasteiger partial charge in [-0.05, 0) is 50.5 Å². The standard InChI is InChI=1S/C15H24N2O2/c1-9(2)14(16)15(18)17-12-6-7-13(11(5)8-12)19-10(3)4/h6-10,14H,16H2,1-5H3,(H,17,18)/t14-/m0/s1. The van der Waals surface area contributed by atoms with Crippen molar-refractivity contribution in [1.82, 2.24) is 0 Å². The van der Waals surface area contributed by atoms with Crippen LogP contribution in [0.3, 0.4) is 0 Å². The summed E-state index contributed by atoms with van der Waals surface area (Å²) in [6.07, 6.45) is 0.133. The summed E-state index contributed by atoms with van der Waals surface area (Å²) in [6.45, 7) is 9.77. The second-order valence-corrected chi connectivity index (χ2v) is 5.41. The van der Waals surface area contributed by atoms with Gasteiger partial charge in [0.2, 0.25) is 5.91 Å². The molecule has 0 bridgehead atoms. The fraction of sp³-hybridized carbons (Fsp3) is 0.533. The van der Waals surface area contributed by atoms with Crippen molar-refractivity contribution in [2.24, 2.45) is 11.7 Å². The Morgan fingerprint density at radius 3 is 2.37 bits per heavy atom. The summed E-state index contributed by atoms with van der Waals surface area (Å²) in [7, 11) is 0. The Balaban J connectivity index is 2.76. The Bertz CT molecular complexity index is 442. The van der Waals surface area contributed by atoms with E-state index in [0.717, 1.165) is 17.0 Å². The largest absolute Gasteiger partial charge is 0.491 e. The average molecular weight is 264 g/mol. The lowest BCUT2D eigenvalue weighted by Gasteiger charge is -2.17. The van der Waals surface area contributed by atoms with Crippen LogP contribution in [0.4, 0.5) is 5.69 Å². The van der Waals surface area contributed by atoms with Gasteiger partial charge in [-0.2, -0.15) is 0 Å². The molecule has 4 nitrogen and oxygen atoms in total. The molecule has 0 saturated heterocycles. The minimum atomic E-state index is -0.494. The zero-order valence-electron chi connectivity index (χ0n) is 12.4. The monoisotopic (exact) mass is 264 g/mol. The Kier molecular flexibility index (Phi) is 5.36. The first-order valence-corrected chi connectivity index (χ1v) is 6.65. The molecule has 1 aromatic carbocycles. The number of nitrogens with two attached hydrogens (primary N) is 1. The molecule has 0 heterocycles. The molecule has 4 heteroatoms. The van der Waals surface area contributed by atoms with Crippen LogP contribution in [-0.4, -0.2) is 18.1 Å². The lowest BCUT2D eigenvalue weighted by molar-refractivity contribution is -0.118. The molecule has 0 aliphatic heterocycles. The highest BCUT2D eigenvalue weighted by Gasteiger charge is 2.17. The van der Waals surface area contributed by atoms with Crippen LogP contribution in [0.25, 0.3) is 0 Å². The second-order valence-electron chi connectivity index (χ2n) is 5.41. The molecule has 0 spiro atoms. The number of amides is 1. The van der Waals surface area contributed by atoms with Gasteiger partial charge in [-0.15, -0.1) is 0 Å². The summed E-state index contributed by atoms with van der Waals surface area (Å²) in [5.41, 5.74) is 7.54. The van der Waals surface area contributed by atoms with Gasteiger partial charge in [0.25, 0.3) is 0 Å². The van der Waals surface area contributed by atoms with E-state index in [1.54, 1.807) is 0 Å². The van der Waals surface area contributed by atoms with Crippen molar-refractivity contribution in [2.45, 2.75) is 46.8 Å². The lowest BCUT2D eigenvalue weighted by atomic mass is 10.0. The highest BCUT2D eigenvalue weighted by molar-refractivity contribution is 5.95. The molecule has 19 heavy (non-hydrogen) atoms. The molecule has 106 valence electrons. The normalized spacial score (nSPS) is 12.6. The zero-order chi connectivity index (χ0) is 14.6. The maximum atomic E-state index is 11.9. The van der Waals surface area contributed by atoms with Crippen LogP contribution in [0.2, 0.25) is 0 Å². The van der Waals surface area contributed by atoms with Crippen molar-refractivity contribution < 1.29 is 9.53 Å². The van der Waals surface area contributed by atoms with Crippen LogP contribution >= 0.6 is 0 Å². The number of ether oxygens (including phenoxy) is 1. The molecule has 0 aliphatic carbocycles. The van der Waals surface area contributed by atoms with Gasteiger partial charge in [-0.3, -0.25) is 4.79 Å². The number of benzene rings is 1. The van der Waals surface area contributed by atoms with Gasteiger partial charge in [0.05, 0.1) is 12.1 Å². The van der Waals surface area contributed by atoms with E-state index in [2.05, 4.69) is 5.32 Å². The third-order valence-electron chi connectivity index (χ3n) is 2.83. The first-order valence-electron chi connectivity index (χ1n) is 6.65. The predicted octanol–water partition coefficient (Wildman–Crippen LogP) is 2.70. The van der Waals surface area contributed by atoms with Crippen LogP contribution < -0.4 is 15.8 Å².